The smallest absolute Gasteiger partial charge is 0.141 e. The number of hydrogen-bond donors (Lipinski definition) is 1. The minimum absolute atomic E-state index is 0. The highest BCUT2D eigenvalue weighted by molar-refractivity contribution is 6.30. The third-order valence-corrected chi connectivity index (χ3v) is 4.53. The maximum Gasteiger partial charge on any atom is 0.141 e. The number of nitrogens with one attached hydrogen (secondary N) is 1. The molecule has 2 aliphatic heterocycles. The molecule has 2 fully saturated rings. The van der Waals surface area contributed by atoms with E-state index in [4.69, 9.17) is 11.6 Å². The zero-order valence-corrected chi connectivity index (χ0v) is 12.4. The van der Waals surface area contributed by atoms with Gasteiger partial charge in [0.15, 0.2) is 0 Å². The Balaban J connectivity index is 0.00000133. The third-order valence-electron chi connectivity index (χ3n) is 4.24. The van der Waals surface area contributed by atoms with Crippen LogP contribution in [0.15, 0.2) is 18.2 Å². The fourth-order valence-electron chi connectivity index (χ4n) is 3.20. The lowest BCUT2D eigenvalue weighted by atomic mass is 9.86. The van der Waals surface area contributed by atoms with Gasteiger partial charge in [0, 0.05) is 19.6 Å². The molecule has 1 N–H and O–H groups in total. The van der Waals surface area contributed by atoms with Gasteiger partial charge in [0.1, 0.15) is 5.82 Å². The number of benzene rings is 1. The zero-order chi connectivity index (χ0) is 12.6. The monoisotopic (exact) mass is 304 g/mol. The van der Waals surface area contributed by atoms with Crippen molar-refractivity contribution >= 4 is 24.0 Å². The van der Waals surface area contributed by atoms with Crippen LogP contribution in [0.4, 0.5) is 4.39 Å². The second kappa shape index (κ2) is 5.96. The number of likely N-dealkylation sites (tertiary alicyclic amines) is 1. The van der Waals surface area contributed by atoms with Gasteiger partial charge in [-0.05, 0) is 49.0 Å². The molecule has 0 aromatic heterocycles. The molecule has 1 spiro atoms. The first kappa shape index (κ1) is 15.0. The Kier molecular flexibility index (Phi) is 4.72. The number of hydrogen-bond acceptors (Lipinski definition) is 2. The molecular weight excluding hydrogens is 286 g/mol. The molecule has 1 atom stereocenters. The summed E-state index contributed by atoms with van der Waals surface area (Å²) in [5, 5.41) is 3.68. The molecule has 2 aliphatic rings. The molecule has 0 amide bonds. The van der Waals surface area contributed by atoms with E-state index in [-0.39, 0.29) is 23.2 Å². The van der Waals surface area contributed by atoms with Gasteiger partial charge in [-0.2, -0.15) is 0 Å². The molecule has 2 heterocycles. The van der Waals surface area contributed by atoms with Crippen molar-refractivity contribution in [1.29, 1.82) is 0 Å². The lowest BCUT2D eigenvalue weighted by molar-refractivity contribution is 0.268. The van der Waals surface area contributed by atoms with E-state index in [1.807, 2.05) is 6.07 Å². The van der Waals surface area contributed by atoms with Crippen molar-refractivity contribution in [1.82, 2.24) is 10.2 Å². The van der Waals surface area contributed by atoms with Gasteiger partial charge in [0.05, 0.1) is 5.02 Å². The molecule has 1 aromatic carbocycles. The highest BCUT2D eigenvalue weighted by Gasteiger charge is 2.39. The summed E-state index contributed by atoms with van der Waals surface area (Å²) in [5.41, 5.74) is 1.59. The molecule has 2 saturated heterocycles. The van der Waals surface area contributed by atoms with Gasteiger partial charge in [-0.25, -0.2) is 4.39 Å². The van der Waals surface area contributed by atoms with Crippen LogP contribution in [0.2, 0.25) is 5.02 Å². The summed E-state index contributed by atoms with van der Waals surface area (Å²) in [5.74, 6) is -0.335. The Morgan fingerprint density at radius 2 is 2.21 bits per heavy atom. The van der Waals surface area contributed by atoms with Gasteiger partial charge in [-0.15, -0.1) is 12.4 Å². The lowest BCUT2D eigenvalue weighted by Gasteiger charge is -2.22. The van der Waals surface area contributed by atoms with E-state index in [1.165, 1.54) is 18.9 Å². The van der Waals surface area contributed by atoms with Gasteiger partial charge >= 0.3 is 0 Å². The highest BCUT2D eigenvalue weighted by Crippen LogP contribution is 2.36. The Bertz CT molecular complexity index is 447. The van der Waals surface area contributed by atoms with Gasteiger partial charge in [0.2, 0.25) is 0 Å². The van der Waals surface area contributed by atoms with Crippen molar-refractivity contribution in [3.8, 4) is 0 Å². The molecule has 1 unspecified atom stereocenters. The van der Waals surface area contributed by atoms with Crippen molar-refractivity contribution in [2.75, 3.05) is 26.2 Å². The summed E-state index contributed by atoms with van der Waals surface area (Å²) >= 11 is 5.82. The number of nitrogens with zero attached hydrogens (tertiary/aromatic N) is 1. The first-order chi connectivity index (χ1) is 8.67. The second-order valence-electron chi connectivity index (χ2n) is 5.64. The molecular formula is C14H19Cl2FN2. The molecule has 0 aliphatic carbocycles. The fourth-order valence-corrected chi connectivity index (χ4v) is 3.41. The van der Waals surface area contributed by atoms with Crippen LogP contribution in [-0.4, -0.2) is 31.1 Å². The van der Waals surface area contributed by atoms with E-state index in [2.05, 4.69) is 10.2 Å². The molecule has 5 heteroatoms. The maximum atomic E-state index is 13.1. The van der Waals surface area contributed by atoms with E-state index in [9.17, 15) is 4.39 Å². The van der Waals surface area contributed by atoms with Crippen LogP contribution < -0.4 is 5.32 Å². The molecule has 2 nitrogen and oxygen atoms in total. The predicted octanol–water partition coefficient (Wildman–Crippen LogP) is 3.09. The van der Waals surface area contributed by atoms with E-state index in [0.29, 0.717) is 5.41 Å². The van der Waals surface area contributed by atoms with Gasteiger partial charge in [0.25, 0.3) is 0 Å². The van der Waals surface area contributed by atoms with Crippen molar-refractivity contribution in [3.05, 3.63) is 34.6 Å². The second-order valence-corrected chi connectivity index (χ2v) is 6.04. The average Bonchev–Trinajstić information content (AvgIpc) is 2.96. The van der Waals surface area contributed by atoms with E-state index < -0.39 is 0 Å². The fraction of sp³-hybridized carbons (Fsp3) is 0.571. The average molecular weight is 305 g/mol. The number of rotatable bonds is 2. The third kappa shape index (κ3) is 3.22. The van der Waals surface area contributed by atoms with Crippen LogP contribution in [-0.2, 0) is 6.54 Å². The van der Waals surface area contributed by atoms with Crippen molar-refractivity contribution < 1.29 is 4.39 Å². The van der Waals surface area contributed by atoms with E-state index in [1.54, 1.807) is 6.07 Å². The Morgan fingerprint density at radius 3 is 2.89 bits per heavy atom. The van der Waals surface area contributed by atoms with Crippen LogP contribution >= 0.6 is 24.0 Å². The quantitative estimate of drug-likeness (QED) is 0.903. The first-order valence-corrected chi connectivity index (χ1v) is 6.92. The summed E-state index contributed by atoms with van der Waals surface area (Å²) in [6, 6.07) is 5.04. The zero-order valence-electron chi connectivity index (χ0n) is 10.8. The van der Waals surface area contributed by atoms with E-state index >= 15 is 0 Å². The minimum Gasteiger partial charge on any atom is -0.316 e. The van der Waals surface area contributed by atoms with Gasteiger partial charge in [-0.1, -0.05) is 17.7 Å². The summed E-state index contributed by atoms with van der Waals surface area (Å²) in [6.07, 6.45) is 2.56. The van der Waals surface area contributed by atoms with Crippen molar-refractivity contribution in [2.45, 2.75) is 19.4 Å². The van der Waals surface area contributed by atoms with Crippen LogP contribution in [0.1, 0.15) is 18.4 Å². The van der Waals surface area contributed by atoms with Gasteiger partial charge < -0.3 is 5.32 Å². The Labute approximate surface area is 124 Å². The van der Waals surface area contributed by atoms with Crippen LogP contribution in [0.3, 0.4) is 0 Å². The molecule has 1 aromatic rings. The van der Waals surface area contributed by atoms with Crippen molar-refractivity contribution in [3.63, 3.8) is 0 Å². The van der Waals surface area contributed by atoms with E-state index in [0.717, 1.165) is 38.3 Å². The molecule has 0 radical (unpaired) electrons. The number of halogens is 3. The summed E-state index contributed by atoms with van der Waals surface area (Å²) in [6.45, 7) is 5.46. The van der Waals surface area contributed by atoms with Crippen LogP contribution in [0.25, 0.3) is 0 Å². The van der Waals surface area contributed by atoms with Crippen LogP contribution in [0, 0.1) is 11.2 Å². The SMILES string of the molecule is Cl.Fc1ccc(CN2CCC3(CCNC3)C2)cc1Cl. The lowest BCUT2D eigenvalue weighted by Crippen LogP contribution is -2.28. The minimum atomic E-state index is -0.335. The van der Waals surface area contributed by atoms with Gasteiger partial charge in [-0.3, -0.25) is 4.90 Å². The van der Waals surface area contributed by atoms with Crippen LogP contribution in [0.5, 0.6) is 0 Å². The molecule has 106 valence electrons. The summed E-state index contributed by atoms with van der Waals surface area (Å²) < 4.78 is 13.1. The summed E-state index contributed by atoms with van der Waals surface area (Å²) in [7, 11) is 0. The molecule has 0 saturated carbocycles. The molecule has 0 bridgehead atoms. The topological polar surface area (TPSA) is 15.3 Å². The van der Waals surface area contributed by atoms with Crippen molar-refractivity contribution in [2.24, 2.45) is 5.41 Å². The largest absolute Gasteiger partial charge is 0.316 e. The first-order valence-electron chi connectivity index (χ1n) is 6.54. The standard InChI is InChI=1S/C14H18ClFN2.ClH/c15-12-7-11(1-2-13(12)16)8-18-6-4-14(10-18)3-5-17-9-14;/h1-2,7,17H,3-6,8-10H2;1H. The Morgan fingerprint density at radius 1 is 1.37 bits per heavy atom. The predicted molar refractivity (Wildman–Crippen MR) is 78.5 cm³/mol. The maximum absolute atomic E-state index is 13.1. The molecule has 3 rings (SSSR count). The summed E-state index contributed by atoms with van der Waals surface area (Å²) in [4.78, 5) is 2.45. The highest BCUT2D eigenvalue weighted by atomic mass is 35.5. The molecule has 19 heavy (non-hydrogen) atoms. The normalized spacial score (nSPS) is 26.8. The Hall–Kier alpha value is -0.350.